The summed E-state index contributed by atoms with van der Waals surface area (Å²) in [6.45, 7) is 5.02. The van der Waals surface area contributed by atoms with Gasteiger partial charge in [0.1, 0.15) is 0 Å². The van der Waals surface area contributed by atoms with Gasteiger partial charge in [0.05, 0.1) is 10.7 Å². The number of hydrogen-bond donors (Lipinski definition) is 2. The zero-order valence-corrected chi connectivity index (χ0v) is 13.3. The molecule has 92 valence electrons. The van der Waals surface area contributed by atoms with E-state index in [2.05, 4.69) is 34.5 Å². The van der Waals surface area contributed by atoms with E-state index in [0.717, 1.165) is 24.6 Å². The van der Waals surface area contributed by atoms with Crippen LogP contribution in [0, 0.1) is 13.8 Å². The number of aromatic nitrogens is 1. The molecule has 16 heavy (non-hydrogen) atoms. The maximum absolute atomic E-state index is 4.48. The Morgan fingerprint density at radius 3 is 2.56 bits per heavy atom. The van der Waals surface area contributed by atoms with Gasteiger partial charge in [0.25, 0.3) is 0 Å². The number of aliphatic imine (C=N–C) groups is 1. The van der Waals surface area contributed by atoms with Crippen LogP contribution in [-0.4, -0.2) is 31.6 Å². The molecule has 0 fully saturated rings. The summed E-state index contributed by atoms with van der Waals surface area (Å²) in [4.78, 5) is 9.82. The Bertz CT molecular complexity index is 329. The van der Waals surface area contributed by atoms with E-state index in [0.29, 0.717) is 0 Å². The second-order valence-electron chi connectivity index (χ2n) is 3.25. The summed E-state index contributed by atoms with van der Waals surface area (Å²) in [5.41, 5.74) is 1.15. The molecule has 0 bridgehead atoms. The van der Waals surface area contributed by atoms with Gasteiger partial charge in [0.15, 0.2) is 5.96 Å². The zero-order chi connectivity index (χ0) is 11.3. The molecule has 1 heterocycles. The molecule has 1 aromatic rings. The van der Waals surface area contributed by atoms with E-state index in [4.69, 9.17) is 0 Å². The van der Waals surface area contributed by atoms with Crippen molar-refractivity contribution in [2.75, 3.05) is 20.6 Å². The minimum Gasteiger partial charge on any atom is -0.359 e. The third-order valence-electron chi connectivity index (χ3n) is 2.16. The van der Waals surface area contributed by atoms with E-state index in [1.807, 2.05) is 7.05 Å². The van der Waals surface area contributed by atoms with Gasteiger partial charge >= 0.3 is 0 Å². The van der Waals surface area contributed by atoms with Crippen molar-refractivity contribution < 1.29 is 0 Å². The average molecular weight is 354 g/mol. The maximum atomic E-state index is 4.48. The monoisotopic (exact) mass is 354 g/mol. The van der Waals surface area contributed by atoms with Crippen LogP contribution in [0.2, 0.25) is 0 Å². The van der Waals surface area contributed by atoms with E-state index >= 15 is 0 Å². The van der Waals surface area contributed by atoms with Crippen LogP contribution >= 0.6 is 35.3 Å². The van der Waals surface area contributed by atoms with Crippen molar-refractivity contribution in [3.05, 3.63) is 15.6 Å². The average Bonchev–Trinajstić information content (AvgIpc) is 2.53. The molecule has 0 saturated heterocycles. The van der Waals surface area contributed by atoms with Crippen LogP contribution in [0.3, 0.4) is 0 Å². The first-order chi connectivity index (χ1) is 7.17. The highest BCUT2D eigenvalue weighted by Gasteiger charge is 2.03. The Hall–Kier alpha value is -0.370. The van der Waals surface area contributed by atoms with Gasteiger partial charge in [0, 0.05) is 31.9 Å². The lowest BCUT2D eigenvalue weighted by atomic mass is 10.4. The Kier molecular flexibility index (Phi) is 7.65. The Morgan fingerprint density at radius 2 is 2.12 bits per heavy atom. The van der Waals surface area contributed by atoms with Crippen molar-refractivity contribution in [2.45, 2.75) is 20.3 Å². The van der Waals surface area contributed by atoms with E-state index in [1.54, 1.807) is 18.4 Å². The first-order valence-corrected chi connectivity index (χ1v) is 5.80. The highest BCUT2D eigenvalue weighted by atomic mass is 127. The number of thiazole rings is 1. The summed E-state index contributed by atoms with van der Waals surface area (Å²) in [6, 6.07) is 0. The SMILES string of the molecule is CN=C(NC)NCCc1nc(C)c(C)s1.I. The maximum Gasteiger partial charge on any atom is 0.190 e. The number of nitrogens with zero attached hydrogens (tertiary/aromatic N) is 2. The van der Waals surface area contributed by atoms with Crippen molar-refractivity contribution in [2.24, 2.45) is 4.99 Å². The van der Waals surface area contributed by atoms with Crippen LogP contribution in [0.25, 0.3) is 0 Å². The van der Waals surface area contributed by atoms with Crippen molar-refractivity contribution in [1.82, 2.24) is 15.6 Å². The molecule has 0 unspecified atom stereocenters. The first-order valence-electron chi connectivity index (χ1n) is 4.98. The Labute approximate surface area is 118 Å². The predicted octanol–water partition coefficient (Wildman–Crippen LogP) is 1.72. The molecule has 0 aliphatic carbocycles. The quantitative estimate of drug-likeness (QED) is 0.494. The molecule has 4 nitrogen and oxygen atoms in total. The normalized spacial score (nSPS) is 10.9. The summed E-state index contributed by atoms with van der Waals surface area (Å²) in [5, 5.41) is 7.36. The summed E-state index contributed by atoms with van der Waals surface area (Å²) in [7, 11) is 3.61. The molecule has 0 amide bonds. The smallest absolute Gasteiger partial charge is 0.190 e. The minimum absolute atomic E-state index is 0. The fourth-order valence-corrected chi connectivity index (χ4v) is 2.15. The fourth-order valence-electron chi connectivity index (χ4n) is 1.21. The number of guanidine groups is 1. The van der Waals surface area contributed by atoms with E-state index < -0.39 is 0 Å². The standard InChI is InChI=1S/C10H18N4S.HI/c1-7-8(2)15-9(14-7)5-6-13-10(11-3)12-4;/h5-6H2,1-4H3,(H2,11,12,13);1H. The first kappa shape index (κ1) is 15.6. The summed E-state index contributed by atoms with van der Waals surface area (Å²) >= 11 is 1.77. The van der Waals surface area contributed by atoms with Crippen molar-refractivity contribution in [1.29, 1.82) is 0 Å². The molecule has 0 aromatic carbocycles. The second kappa shape index (κ2) is 7.83. The molecule has 0 aliphatic heterocycles. The zero-order valence-electron chi connectivity index (χ0n) is 10.1. The number of hydrogen-bond acceptors (Lipinski definition) is 3. The van der Waals surface area contributed by atoms with Crippen LogP contribution < -0.4 is 10.6 Å². The topological polar surface area (TPSA) is 49.3 Å². The van der Waals surface area contributed by atoms with E-state index in [1.165, 1.54) is 9.88 Å². The number of rotatable bonds is 3. The van der Waals surface area contributed by atoms with Gasteiger partial charge in [-0.05, 0) is 13.8 Å². The van der Waals surface area contributed by atoms with Gasteiger partial charge in [-0.25, -0.2) is 4.98 Å². The summed E-state index contributed by atoms with van der Waals surface area (Å²) in [6.07, 6.45) is 0.944. The van der Waals surface area contributed by atoms with Gasteiger partial charge < -0.3 is 10.6 Å². The molecule has 0 spiro atoms. The molecule has 0 atom stereocenters. The van der Waals surface area contributed by atoms with Crippen LogP contribution in [0.1, 0.15) is 15.6 Å². The fraction of sp³-hybridized carbons (Fsp3) is 0.600. The van der Waals surface area contributed by atoms with Gasteiger partial charge in [-0.2, -0.15) is 0 Å². The lowest BCUT2D eigenvalue weighted by molar-refractivity contribution is 0.826. The predicted molar refractivity (Wildman–Crippen MR) is 81.1 cm³/mol. The lowest BCUT2D eigenvalue weighted by Crippen LogP contribution is -2.35. The van der Waals surface area contributed by atoms with Crippen molar-refractivity contribution in [3.8, 4) is 0 Å². The van der Waals surface area contributed by atoms with Crippen LogP contribution in [0.15, 0.2) is 4.99 Å². The van der Waals surface area contributed by atoms with Gasteiger partial charge in [-0.1, -0.05) is 0 Å². The molecule has 2 N–H and O–H groups in total. The molecule has 0 saturated carbocycles. The van der Waals surface area contributed by atoms with Crippen LogP contribution in [0.4, 0.5) is 0 Å². The highest BCUT2D eigenvalue weighted by molar-refractivity contribution is 14.0. The Morgan fingerprint density at radius 1 is 1.44 bits per heavy atom. The highest BCUT2D eigenvalue weighted by Crippen LogP contribution is 2.16. The summed E-state index contributed by atoms with van der Waals surface area (Å²) in [5.74, 6) is 0.819. The summed E-state index contributed by atoms with van der Waals surface area (Å²) < 4.78 is 0. The lowest BCUT2D eigenvalue weighted by Gasteiger charge is -2.06. The van der Waals surface area contributed by atoms with Gasteiger partial charge in [0.2, 0.25) is 0 Å². The third kappa shape index (κ3) is 4.65. The molecular formula is C10H19IN4S. The largest absolute Gasteiger partial charge is 0.359 e. The molecule has 0 aliphatic rings. The number of aryl methyl sites for hydroxylation is 2. The molecule has 1 aromatic heterocycles. The Balaban J connectivity index is 0.00000225. The number of halogens is 1. The molecule has 6 heteroatoms. The molecular weight excluding hydrogens is 335 g/mol. The minimum atomic E-state index is 0. The van der Waals surface area contributed by atoms with E-state index in [9.17, 15) is 0 Å². The molecule has 1 rings (SSSR count). The van der Waals surface area contributed by atoms with Crippen LogP contribution in [0.5, 0.6) is 0 Å². The third-order valence-corrected chi connectivity index (χ3v) is 3.30. The van der Waals surface area contributed by atoms with Crippen molar-refractivity contribution >= 4 is 41.3 Å². The molecule has 0 radical (unpaired) electrons. The van der Waals surface area contributed by atoms with Gasteiger partial charge in [-0.15, -0.1) is 35.3 Å². The number of nitrogens with one attached hydrogen (secondary N) is 2. The van der Waals surface area contributed by atoms with Crippen molar-refractivity contribution in [3.63, 3.8) is 0 Å². The second-order valence-corrected chi connectivity index (χ2v) is 4.54. The van der Waals surface area contributed by atoms with E-state index in [-0.39, 0.29) is 24.0 Å². The van der Waals surface area contributed by atoms with Gasteiger partial charge in [-0.3, -0.25) is 4.99 Å². The van der Waals surface area contributed by atoms with Crippen LogP contribution in [-0.2, 0) is 6.42 Å².